The minimum Gasteiger partial charge on any atom is -0.384 e. The summed E-state index contributed by atoms with van der Waals surface area (Å²) in [5.74, 6) is 0.650. The number of hydrogen-bond acceptors (Lipinski definition) is 3. The third-order valence-electron chi connectivity index (χ3n) is 4.63. The predicted octanol–water partition coefficient (Wildman–Crippen LogP) is 2.14. The van der Waals surface area contributed by atoms with Crippen LogP contribution in [0.3, 0.4) is 0 Å². The van der Waals surface area contributed by atoms with E-state index in [0.29, 0.717) is 18.2 Å². The van der Waals surface area contributed by atoms with Gasteiger partial charge >= 0.3 is 0 Å². The van der Waals surface area contributed by atoms with Gasteiger partial charge in [0.2, 0.25) is 5.91 Å². The first kappa shape index (κ1) is 14.4. The van der Waals surface area contributed by atoms with Crippen LogP contribution in [0.15, 0.2) is 24.3 Å². The number of piperazine rings is 1. The van der Waals surface area contributed by atoms with Crippen molar-refractivity contribution in [2.75, 3.05) is 44.6 Å². The molecule has 1 N–H and O–H groups in total. The van der Waals surface area contributed by atoms with Gasteiger partial charge in [0.15, 0.2) is 0 Å². The van der Waals surface area contributed by atoms with E-state index in [4.69, 9.17) is 0 Å². The average Bonchev–Trinajstić information content (AvgIpc) is 2.92. The summed E-state index contributed by atoms with van der Waals surface area (Å²) in [4.78, 5) is 17.0. The molecule has 1 unspecified atom stereocenters. The van der Waals surface area contributed by atoms with Crippen LogP contribution in [-0.4, -0.2) is 55.0 Å². The lowest BCUT2D eigenvalue weighted by Gasteiger charge is -2.35. The topological polar surface area (TPSA) is 35.6 Å². The number of carbonyl (C=O) groups is 1. The molecule has 1 atom stereocenters. The number of nitrogens with zero attached hydrogens (tertiary/aromatic N) is 2. The second-order valence-electron chi connectivity index (χ2n) is 6.09. The lowest BCUT2D eigenvalue weighted by Crippen LogP contribution is -2.49. The summed E-state index contributed by atoms with van der Waals surface area (Å²) in [5, 5.41) is 3.40. The molecule has 1 amide bonds. The van der Waals surface area contributed by atoms with E-state index in [9.17, 15) is 4.79 Å². The van der Waals surface area contributed by atoms with Gasteiger partial charge in [0.05, 0.1) is 0 Å². The fourth-order valence-corrected chi connectivity index (χ4v) is 3.42. The molecule has 1 fully saturated rings. The summed E-state index contributed by atoms with van der Waals surface area (Å²) in [6.07, 6.45) is 1.83. The van der Waals surface area contributed by atoms with Crippen molar-refractivity contribution in [1.82, 2.24) is 9.80 Å². The Morgan fingerprint density at radius 1 is 1.24 bits per heavy atom. The van der Waals surface area contributed by atoms with Crippen molar-refractivity contribution in [3.8, 4) is 0 Å². The van der Waals surface area contributed by atoms with Gasteiger partial charge in [-0.1, -0.05) is 25.1 Å². The summed E-state index contributed by atoms with van der Waals surface area (Å²) in [5.41, 5.74) is 2.50. The summed E-state index contributed by atoms with van der Waals surface area (Å²) in [7, 11) is 0. The minimum absolute atomic E-state index is 0.314. The van der Waals surface area contributed by atoms with Crippen LogP contribution >= 0.6 is 0 Å². The van der Waals surface area contributed by atoms with Gasteiger partial charge in [-0.05, 0) is 24.6 Å². The Kier molecular flexibility index (Phi) is 4.44. The minimum atomic E-state index is 0.314. The average molecular weight is 287 g/mol. The second kappa shape index (κ2) is 6.48. The molecule has 0 radical (unpaired) electrons. The van der Waals surface area contributed by atoms with Crippen LogP contribution in [0.4, 0.5) is 5.69 Å². The predicted molar refractivity (Wildman–Crippen MR) is 85.6 cm³/mol. The van der Waals surface area contributed by atoms with Gasteiger partial charge in [-0.25, -0.2) is 0 Å². The molecule has 114 valence electrons. The lowest BCUT2D eigenvalue weighted by molar-refractivity contribution is -0.133. The summed E-state index contributed by atoms with van der Waals surface area (Å²) < 4.78 is 0. The van der Waals surface area contributed by atoms with Crippen molar-refractivity contribution in [3.05, 3.63) is 29.8 Å². The Balaban J connectivity index is 1.54. The van der Waals surface area contributed by atoms with Gasteiger partial charge in [-0.3, -0.25) is 9.69 Å². The van der Waals surface area contributed by atoms with E-state index in [2.05, 4.69) is 35.3 Å². The molecule has 0 bridgehead atoms. The number of anilines is 1. The molecule has 0 saturated carbocycles. The number of fused-ring (bicyclic) bond motifs is 1. The molecule has 0 aromatic heterocycles. The highest BCUT2D eigenvalue weighted by Crippen LogP contribution is 2.33. The maximum Gasteiger partial charge on any atom is 0.223 e. The number of amides is 1. The lowest BCUT2D eigenvalue weighted by atomic mass is 9.97. The molecular formula is C17H25N3O. The summed E-state index contributed by atoms with van der Waals surface area (Å²) in [6.45, 7) is 8.09. The van der Waals surface area contributed by atoms with Crippen LogP contribution in [0.1, 0.15) is 31.2 Å². The number of benzene rings is 1. The van der Waals surface area contributed by atoms with Crippen molar-refractivity contribution in [1.29, 1.82) is 0 Å². The van der Waals surface area contributed by atoms with Gasteiger partial charge in [0.1, 0.15) is 0 Å². The first-order valence-corrected chi connectivity index (χ1v) is 8.11. The number of hydrogen-bond donors (Lipinski definition) is 1. The zero-order valence-electron chi connectivity index (χ0n) is 12.8. The fourth-order valence-electron chi connectivity index (χ4n) is 3.42. The van der Waals surface area contributed by atoms with Crippen molar-refractivity contribution in [2.24, 2.45) is 0 Å². The zero-order valence-corrected chi connectivity index (χ0v) is 12.8. The van der Waals surface area contributed by atoms with Crippen molar-refractivity contribution in [3.63, 3.8) is 0 Å². The molecule has 2 aliphatic heterocycles. The Morgan fingerprint density at radius 3 is 2.76 bits per heavy atom. The molecule has 3 rings (SSSR count). The zero-order chi connectivity index (χ0) is 14.7. The second-order valence-corrected chi connectivity index (χ2v) is 6.09. The molecule has 2 heterocycles. The molecular weight excluding hydrogens is 262 g/mol. The van der Waals surface area contributed by atoms with E-state index in [0.717, 1.165) is 39.3 Å². The van der Waals surface area contributed by atoms with Crippen LogP contribution in [0, 0.1) is 0 Å². The highest BCUT2D eigenvalue weighted by molar-refractivity contribution is 5.78. The van der Waals surface area contributed by atoms with Crippen LogP contribution in [0.5, 0.6) is 0 Å². The maximum atomic E-state index is 12.5. The molecule has 0 spiro atoms. The Bertz CT molecular complexity index is 495. The van der Waals surface area contributed by atoms with Gasteiger partial charge in [-0.15, -0.1) is 0 Å². The van der Waals surface area contributed by atoms with E-state index < -0.39 is 0 Å². The quantitative estimate of drug-likeness (QED) is 0.921. The van der Waals surface area contributed by atoms with E-state index >= 15 is 0 Å². The smallest absolute Gasteiger partial charge is 0.223 e. The van der Waals surface area contributed by atoms with Crippen molar-refractivity contribution >= 4 is 11.6 Å². The Hall–Kier alpha value is -1.55. The largest absolute Gasteiger partial charge is 0.384 e. The third kappa shape index (κ3) is 3.21. The highest BCUT2D eigenvalue weighted by atomic mass is 16.2. The van der Waals surface area contributed by atoms with Gasteiger partial charge in [0.25, 0.3) is 0 Å². The van der Waals surface area contributed by atoms with E-state index in [-0.39, 0.29) is 0 Å². The monoisotopic (exact) mass is 287 g/mol. The normalized spacial score (nSPS) is 22.0. The molecule has 4 nitrogen and oxygen atoms in total. The van der Waals surface area contributed by atoms with E-state index in [1.165, 1.54) is 17.7 Å². The first-order valence-electron chi connectivity index (χ1n) is 8.11. The Labute approximate surface area is 127 Å². The number of rotatable bonds is 4. The molecule has 1 aromatic rings. The van der Waals surface area contributed by atoms with Gasteiger partial charge in [-0.2, -0.15) is 0 Å². The molecule has 1 saturated heterocycles. The van der Waals surface area contributed by atoms with E-state index in [1.54, 1.807) is 0 Å². The molecule has 2 aliphatic rings. The third-order valence-corrected chi connectivity index (χ3v) is 4.63. The first-order chi connectivity index (χ1) is 10.3. The summed E-state index contributed by atoms with van der Waals surface area (Å²) >= 11 is 0. The van der Waals surface area contributed by atoms with Crippen molar-refractivity contribution in [2.45, 2.75) is 25.7 Å². The van der Waals surface area contributed by atoms with Crippen LogP contribution in [0.25, 0.3) is 0 Å². The highest BCUT2D eigenvalue weighted by Gasteiger charge is 2.27. The standard InChI is InChI=1S/C17H25N3O/c1-2-7-19-8-10-20(11-9-19)17(21)12-14-13-18-16-6-4-3-5-15(14)16/h3-6,14,18H,2,7-13H2,1H3. The SMILES string of the molecule is CCCN1CCN(C(=O)CC2CNc3ccccc32)CC1. The number of para-hydroxylation sites is 1. The maximum absolute atomic E-state index is 12.5. The molecule has 0 aliphatic carbocycles. The molecule has 4 heteroatoms. The van der Waals surface area contributed by atoms with Crippen LogP contribution in [0.2, 0.25) is 0 Å². The fraction of sp³-hybridized carbons (Fsp3) is 0.588. The van der Waals surface area contributed by atoms with Crippen LogP contribution in [-0.2, 0) is 4.79 Å². The van der Waals surface area contributed by atoms with Gasteiger partial charge < -0.3 is 10.2 Å². The summed E-state index contributed by atoms with van der Waals surface area (Å²) in [6, 6.07) is 8.35. The number of nitrogens with one attached hydrogen (secondary N) is 1. The van der Waals surface area contributed by atoms with Gasteiger partial charge in [0, 0.05) is 50.7 Å². The van der Waals surface area contributed by atoms with E-state index in [1.807, 2.05) is 11.0 Å². The van der Waals surface area contributed by atoms with Crippen LogP contribution < -0.4 is 5.32 Å². The molecule has 21 heavy (non-hydrogen) atoms. The Morgan fingerprint density at radius 2 is 2.00 bits per heavy atom. The molecule has 1 aromatic carbocycles. The number of carbonyl (C=O) groups excluding carboxylic acids is 1. The van der Waals surface area contributed by atoms with Crippen molar-refractivity contribution < 1.29 is 4.79 Å².